The number of aliphatic hydroxyl groups excluding tert-OH is 1. The quantitative estimate of drug-likeness (QED) is 0.202. The Balaban J connectivity index is 1.95. The van der Waals surface area contributed by atoms with Gasteiger partial charge in [-0.2, -0.15) is 0 Å². The number of hydrogen-bond acceptors (Lipinski definition) is 9. The third-order valence-corrected chi connectivity index (χ3v) is 4.11. The monoisotopic (exact) mass is 431 g/mol. The predicted octanol–water partition coefficient (Wildman–Crippen LogP) is 0.453. The molecule has 2 aromatic rings. The van der Waals surface area contributed by atoms with Crippen molar-refractivity contribution in [3.8, 4) is 0 Å². The number of nitrogens with one attached hydrogen (secondary N) is 3. The fraction of sp³-hybridized carbons (Fsp3) is 0.211. The number of carbonyl (C=O) groups excluding carboxylic acids is 3. The van der Waals surface area contributed by atoms with E-state index in [1.807, 2.05) is 0 Å². The van der Waals surface area contributed by atoms with Crippen LogP contribution in [0, 0.1) is 10.1 Å². The van der Waals surface area contributed by atoms with Gasteiger partial charge in [0, 0.05) is 30.7 Å². The SMILES string of the molecule is NNOC(=O)C(NC(=O)CCC(=O)Nc1cccc([N+](=O)[O-])c1)C(O)c1ccccc1. The van der Waals surface area contributed by atoms with Gasteiger partial charge in [0.1, 0.15) is 6.10 Å². The molecule has 2 amide bonds. The van der Waals surface area contributed by atoms with Crippen LogP contribution < -0.4 is 22.1 Å². The van der Waals surface area contributed by atoms with Crippen LogP contribution in [0.25, 0.3) is 0 Å². The highest BCUT2D eigenvalue weighted by atomic mass is 16.7. The minimum Gasteiger partial charge on any atom is -0.386 e. The number of nitro benzene ring substituents is 1. The molecule has 12 nitrogen and oxygen atoms in total. The second kappa shape index (κ2) is 11.3. The number of nitrogens with two attached hydrogens (primary N) is 1. The Labute approximate surface area is 176 Å². The van der Waals surface area contributed by atoms with Crippen LogP contribution in [-0.4, -0.2) is 33.9 Å². The molecule has 12 heteroatoms. The summed E-state index contributed by atoms with van der Waals surface area (Å²) < 4.78 is 0. The number of benzene rings is 2. The first kappa shape index (κ1) is 23.4. The Hall–Kier alpha value is -3.87. The van der Waals surface area contributed by atoms with Crippen LogP contribution in [0.4, 0.5) is 11.4 Å². The number of nitrogens with zero attached hydrogens (tertiary/aromatic N) is 1. The van der Waals surface area contributed by atoms with Crippen LogP contribution in [-0.2, 0) is 19.2 Å². The summed E-state index contributed by atoms with van der Waals surface area (Å²) in [5.41, 5.74) is 2.05. The van der Waals surface area contributed by atoms with Crippen molar-refractivity contribution in [2.24, 2.45) is 5.84 Å². The highest BCUT2D eigenvalue weighted by Crippen LogP contribution is 2.19. The Morgan fingerprint density at radius 2 is 1.74 bits per heavy atom. The summed E-state index contributed by atoms with van der Waals surface area (Å²) in [4.78, 5) is 51.0. The maximum Gasteiger partial charge on any atom is 0.351 e. The van der Waals surface area contributed by atoms with Crippen LogP contribution >= 0.6 is 0 Å². The van der Waals surface area contributed by atoms with Crippen molar-refractivity contribution < 1.29 is 29.3 Å². The number of non-ortho nitro benzene ring substituents is 1. The average molecular weight is 431 g/mol. The molecule has 2 aromatic carbocycles. The molecule has 2 unspecified atom stereocenters. The van der Waals surface area contributed by atoms with Crippen LogP contribution in [0.15, 0.2) is 54.6 Å². The van der Waals surface area contributed by atoms with Gasteiger partial charge in [-0.25, -0.2) is 10.6 Å². The average Bonchev–Trinajstić information content (AvgIpc) is 2.76. The predicted molar refractivity (Wildman–Crippen MR) is 108 cm³/mol. The molecule has 0 fully saturated rings. The van der Waals surface area contributed by atoms with E-state index < -0.39 is 34.9 Å². The zero-order valence-electron chi connectivity index (χ0n) is 16.2. The second-order valence-corrected chi connectivity index (χ2v) is 6.30. The summed E-state index contributed by atoms with van der Waals surface area (Å²) in [6.45, 7) is 0. The van der Waals surface area contributed by atoms with Crippen LogP contribution in [0.3, 0.4) is 0 Å². The molecule has 0 spiro atoms. The molecule has 2 rings (SSSR count). The van der Waals surface area contributed by atoms with E-state index >= 15 is 0 Å². The lowest BCUT2D eigenvalue weighted by atomic mass is 10.0. The molecule has 2 atom stereocenters. The first-order valence-electron chi connectivity index (χ1n) is 9.04. The van der Waals surface area contributed by atoms with E-state index in [1.165, 1.54) is 24.3 Å². The topological polar surface area (TPSA) is 186 Å². The van der Waals surface area contributed by atoms with Crippen molar-refractivity contribution in [1.82, 2.24) is 10.9 Å². The number of carbonyl (C=O) groups is 3. The molecule has 0 bridgehead atoms. The molecule has 164 valence electrons. The number of hydrazine groups is 1. The molecule has 0 heterocycles. The Kier molecular flexibility index (Phi) is 8.57. The van der Waals surface area contributed by atoms with Gasteiger partial charge >= 0.3 is 5.97 Å². The number of aliphatic hydroxyl groups is 1. The zero-order valence-corrected chi connectivity index (χ0v) is 16.2. The van der Waals surface area contributed by atoms with Gasteiger partial charge in [-0.3, -0.25) is 19.7 Å². The number of nitro groups is 1. The van der Waals surface area contributed by atoms with Gasteiger partial charge in [-0.1, -0.05) is 42.0 Å². The van der Waals surface area contributed by atoms with Crippen LogP contribution in [0.5, 0.6) is 0 Å². The van der Waals surface area contributed by atoms with Gasteiger partial charge in [0.25, 0.3) is 5.69 Å². The molecule has 0 aliphatic rings. The van der Waals surface area contributed by atoms with E-state index in [4.69, 9.17) is 5.84 Å². The van der Waals surface area contributed by atoms with E-state index in [0.29, 0.717) is 5.56 Å². The molecule has 0 saturated carbocycles. The first-order valence-corrected chi connectivity index (χ1v) is 9.04. The molecule has 0 aromatic heterocycles. The lowest BCUT2D eigenvalue weighted by Gasteiger charge is -2.22. The largest absolute Gasteiger partial charge is 0.386 e. The van der Waals surface area contributed by atoms with Crippen LogP contribution in [0.2, 0.25) is 0 Å². The number of rotatable bonds is 10. The van der Waals surface area contributed by atoms with Crippen molar-refractivity contribution in [1.29, 1.82) is 0 Å². The second-order valence-electron chi connectivity index (χ2n) is 6.30. The Bertz CT molecular complexity index is 938. The molecule has 0 radical (unpaired) electrons. The number of anilines is 1. The molecule has 0 aliphatic heterocycles. The highest BCUT2D eigenvalue weighted by molar-refractivity contribution is 5.94. The van der Waals surface area contributed by atoms with E-state index in [9.17, 15) is 29.6 Å². The fourth-order valence-corrected chi connectivity index (χ4v) is 2.62. The smallest absolute Gasteiger partial charge is 0.351 e. The molecule has 31 heavy (non-hydrogen) atoms. The standard InChI is InChI=1S/C19H21N5O7/c20-23-31-19(28)17(18(27)12-5-2-1-3-6-12)22-16(26)10-9-15(25)21-13-7-4-8-14(11-13)24(29)30/h1-8,11,17-18,23,27H,9-10,20H2,(H,21,25)(H,22,26). The van der Waals surface area contributed by atoms with E-state index in [-0.39, 0.29) is 24.2 Å². The van der Waals surface area contributed by atoms with Crippen molar-refractivity contribution in [3.05, 3.63) is 70.3 Å². The lowest BCUT2D eigenvalue weighted by molar-refractivity contribution is -0.384. The normalized spacial score (nSPS) is 12.3. The summed E-state index contributed by atoms with van der Waals surface area (Å²) in [6.07, 6.45) is -2.01. The van der Waals surface area contributed by atoms with E-state index in [1.54, 1.807) is 35.9 Å². The summed E-state index contributed by atoms with van der Waals surface area (Å²) in [6, 6.07) is 12.0. The number of amides is 2. The van der Waals surface area contributed by atoms with Crippen molar-refractivity contribution >= 4 is 29.2 Å². The summed E-state index contributed by atoms with van der Waals surface area (Å²) in [5, 5.41) is 26.0. The third kappa shape index (κ3) is 7.15. The van der Waals surface area contributed by atoms with E-state index in [2.05, 4.69) is 15.5 Å². The maximum absolute atomic E-state index is 12.2. The summed E-state index contributed by atoms with van der Waals surface area (Å²) >= 11 is 0. The number of hydrogen-bond donors (Lipinski definition) is 5. The van der Waals surface area contributed by atoms with E-state index in [0.717, 1.165) is 0 Å². The Morgan fingerprint density at radius 1 is 1.06 bits per heavy atom. The maximum atomic E-state index is 12.2. The van der Waals surface area contributed by atoms with Crippen molar-refractivity contribution in [2.75, 3.05) is 5.32 Å². The minimum atomic E-state index is -1.48. The van der Waals surface area contributed by atoms with Gasteiger partial charge in [0.2, 0.25) is 11.8 Å². The third-order valence-electron chi connectivity index (χ3n) is 4.11. The van der Waals surface area contributed by atoms with Gasteiger partial charge in [-0.15, -0.1) is 0 Å². The minimum absolute atomic E-state index is 0.194. The molecule has 0 aliphatic carbocycles. The summed E-state index contributed by atoms with van der Waals surface area (Å²) in [5.74, 6) is 2.65. The van der Waals surface area contributed by atoms with Gasteiger partial charge < -0.3 is 20.6 Å². The fourth-order valence-electron chi connectivity index (χ4n) is 2.62. The zero-order chi connectivity index (χ0) is 22.8. The lowest BCUT2D eigenvalue weighted by Crippen LogP contribution is -2.48. The molecular formula is C19H21N5O7. The van der Waals surface area contributed by atoms with Gasteiger partial charge in [0.05, 0.1) is 4.92 Å². The Morgan fingerprint density at radius 3 is 2.39 bits per heavy atom. The van der Waals surface area contributed by atoms with Crippen molar-refractivity contribution in [2.45, 2.75) is 25.0 Å². The molecule has 0 saturated heterocycles. The van der Waals surface area contributed by atoms with Crippen LogP contribution in [0.1, 0.15) is 24.5 Å². The van der Waals surface area contributed by atoms with Crippen molar-refractivity contribution in [3.63, 3.8) is 0 Å². The molecular weight excluding hydrogens is 410 g/mol. The van der Waals surface area contributed by atoms with Gasteiger partial charge in [0.15, 0.2) is 6.04 Å². The summed E-state index contributed by atoms with van der Waals surface area (Å²) in [7, 11) is 0. The van der Waals surface area contributed by atoms with Gasteiger partial charge in [-0.05, 0) is 11.6 Å². The molecule has 6 N–H and O–H groups in total. The highest BCUT2D eigenvalue weighted by Gasteiger charge is 2.31. The first-order chi connectivity index (χ1) is 14.8.